The minimum atomic E-state index is -3.54. The van der Waals surface area contributed by atoms with Crippen LogP contribution in [0.5, 0.6) is 5.75 Å². The molecule has 3 aromatic heterocycles. The lowest BCUT2D eigenvalue weighted by Gasteiger charge is -2.16. The molecular weight excluding hydrogens is 455 g/mol. The van der Waals surface area contributed by atoms with Gasteiger partial charge in [0.15, 0.2) is 0 Å². The highest BCUT2D eigenvalue weighted by molar-refractivity contribution is 7.91. The molecule has 4 rings (SSSR count). The Morgan fingerprint density at radius 3 is 2.79 bits per heavy atom. The molecule has 0 saturated heterocycles. The van der Waals surface area contributed by atoms with Gasteiger partial charge in [0.25, 0.3) is 0 Å². The maximum absolute atomic E-state index is 15.1. The second-order valence-electron chi connectivity index (χ2n) is 7.70. The van der Waals surface area contributed by atoms with Gasteiger partial charge in [-0.05, 0) is 42.3 Å². The van der Waals surface area contributed by atoms with Crippen LogP contribution in [-0.4, -0.2) is 47.9 Å². The van der Waals surface area contributed by atoms with E-state index in [1.165, 1.54) is 13.1 Å². The first-order valence-corrected chi connectivity index (χ1v) is 12.3. The summed E-state index contributed by atoms with van der Waals surface area (Å²) in [5, 5.41) is 0.894. The Hall–Kier alpha value is -3.56. The summed E-state index contributed by atoms with van der Waals surface area (Å²) in [6.45, 7) is 5.56. The van der Waals surface area contributed by atoms with Crippen LogP contribution < -0.4 is 4.74 Å². The number of rotatable bonds is 9. The summed E-state index contributed by atoms with van der Waals surface area (Å²) in [7, 11) is -2.09. The van der Waals surface area contributed by atoms with E-state index < -0.39 is 10.0 Å². The Bertz CT molecular complexity index is 1450. The molecule has 0 spiro atoms. The maximum Gasteiger partial charge on any atom is 0.235 e. The highest BCUT2D eigenvalue weighted by Crippen LogP contribution is 2.41. The number of aromatic amines is 1. The van der Waals surface area contributed by atoms with Crippen LogP contribution in [0.4, 0.5) is 4.39 Å². The number of nitrogens with zero attached hydrogens (tertiary/aromatic N) is 3. The average molecular weight is 481 g/mol. The van der Waals surface area contributed by atoms with Gasteiger partial charge >= 0.3 is 0 Å². The normalized spacial score (nSPS) is 11.8. The molecule has 0 radical (unpaired) electrons. The van der Waals surface area contributed by atoms with Crippen LogP contribution in [0.15, 0.2) is 67.0 Å². The van der Waals surface area contributed by atoms with Gasteiger partial charge in [0, 0.05) is 48.1 Å². The predicted octanol–water partition coefficient (Wildman–Crippen LogP) is 4.78. The molecule has 176 valence electrons. The number of H-pyrrole nitrogens is 1. The highest BCUT2D eigenvalue weighted by Gasteiger charge is 2.22. The van der Waals surface area contributed by atoms with Crippen molar-refractivity contribution in [2.75, 3.05) is 20.2 Å². The Kier molecular flexibility index (Phi) is 6.76. The highest BCUT2D eigenvalue weighted by atomic mass is 32.2. The number of benzene rings is 1. The number of sulfonamides is 1. The van der Waals surface area contributed by atoms with Gasteiger partial charge < -0.3 is 9.72 Å². The molecule has 9 heteroatoms. The van der Waals surface area contributed by atoms with Crippen LogP contribution in [0.1, 0.15) is 12.5 Å². The SMILES string of the molecule is C=CS(=O)(=O)N(C)CCOc1cnccc1-c1[nH]c2cccnc2c1-c1cc(CC)ccc1F. The second-order valence-corrected chi connectivity index (χ2v) is 9.68. The number of fused-ring (bicyclic) bond motifs is 1. The van der Waals surface area contributed by atoms with Gasteiger partial charge in [-0.15, -0.1) is 0 Å². The first-order valence-electron chi connectivity index (χ1n) is 10.8. The summed E-state index contributed by atoms with van der Waals surface area (Å²) >= 11 is 0. The van der Waals surface area contributed by atoms with E-state index in [1.54, 1.807) is 30.7 Å². The molecule has 0 aliphatic carbocycles. The first kappa shape index (κ1) is 23.6. The Morgan fingerprint density at radius 2 is 2.03 bits per heavy atom. The Morgan fingerprint density at radius 1 is 1.21 bits per heavy atom. The van der Waals surface area contributed by atoms with Crippen LogP contribution in [0.2, 0.25) is 0 Å². The smallest absolute Gasteiger partial charge is 0.235 e. The van der Waals surface area contributed by atoms with Crippen molar-refractivity contribution in [3.05, 3.63) is 78.4 Å². The molecule has 0 aliphatic heterocycles. The zero-order valence-electron chi connectivity index (χ0n) is 19.0. The number of hydrogen-bond donors (Lipinski definition) is 1. The molecule has 0 aliphatic rings. The number of hydrogen-bond acceptors (Lipinski definition) is 5. The summed E-state index contributed by atoms with van der Waals surface area (Å²) in [5.41, 5.74) is 4.79. The lowest BCUT2D eigenvalue weighted by Crippen LogP contribution is -2.29. The van der Waals surface area contributed by atoms with Crippen molar-refractivity contribution in [1.29, 1.82) is 0 Å². The van der Waals surface area contributed by atoms with Gasteiger partial charge in [0.05, 0.1) is 22.9 Å². The number of halogens is 1. The predicted molar refractivity (Wildman–Crippen MR) is 131 cm³/mol. The van der Waals surface area contributed by atoms with E-state index in [9.17, 15) is 8.42 Å². The molecule has 1 N–H and O–H groups in total. The van der Waals surface area contributed by atoms with Gasteiger partial charge in [0.1, 0.15) is 18.2 Å². The molecule has 7 nitrogen and oxygen atoms in total. The van der Waals surface area contributed by atoms with E-state index in [2.05, 4.69) is 21.5 Å². The zero-order chi connectivity index (χ0) is 24.3. The molecule has 0 atom stereocenters. The second kappa shape index (κ2) is 9.74. The van der Waals surface area contributed by atoms with E-state index in [4.69, 9.17) is 4.74 Å². The Balaban J connectivity index is 1.79. The quantitative estimate of drug-likeness (QED) is 0.373. The maximum atomic E-state index is 15.1. The number of nitrogens with one attached hydrogen (secondary N) is 1. The largest absolute Gasteiger partial charge is 0.490 e. The Labute approximate surface area is 198 Å². The van der Waals surface area contributed by atoms with E-state index in [1.807, 2.05) is 25.1 Å². The van der Waals surface area contributed by atoms with Crippen LogP contribution in [-0.2, 0) is 16.4 Å². The molecule has 0 amide bonds. The number of aryl methyl sites for hydroxylation is 1. The minimum absolute atomic E-state index is 0.0930. The van der Waals surface area contributed by atoms with Crippen LogP contribution in [0.3, 0.4) is 0 Å². The molecule has 34 heavy (non-hydrogen) atoms. The number of pyridine rings is 2. The van der Waals surface area contributed by atoms with Gasteiger partial charge in [-0.2, -0.15) is 4.31 Å². The van der Waals surface area contributed by atoms with Gasteiger partial charge in [-0.3, -0.25) is 9.97 Å². The molecular formula is C25H25FN4O3S. The van der Waals surface area contributed by atoms with E-state index in [0.29, 0.717) is 33.7 Å². The van der Waals surface area contributed by atoms with Crippen LogP contribution in [0.25, 0.3) is 33.4 Å². The number of likely N-dealkylation sites (N-methyl/N-ethyl adjacent to an activating group) is 1. The van der Waals surface area contributed by atoms with Gasteiger partial charge in [-0.1, -0.05) is 19.6 Å². The topological polar surface area (TPSA) is 88.2 Å². The van der Waals surface area contributed by atoms with Crippen molar-refractivity contribution < 1.29 is 17.5 Å². The van der Waals surface area contributed by atoms with Crippen molar-refractivity contribution >= 4 is 21.1 Å². The zero-order valence-corrected chi connectivity index (χ0v) is 19.8. The molecule has 0 unspecified atom stereocenters. The summed E-state index contributed by atoms with van der Waals surface area (Å²) in [5.74, 6) is 0.0875. The van der Waals surface area contributed by atoms with Crippen molar-refractivity contribution in [2.45, 2.75) is 13.3 Å². The first-order chi connectivity index (χ1) is 16.4. The molecule has 1 aromatic carbocycles. The monoisotopic (exact) mass is 480 g/mol. The van der Waals surface area contributed by atoms with Crippen molar-refractivity contribution in [1.82, 2.24) is 19.3 Å². The minimum Gasteiger partial charge on any atom is -0.490 e. The third-order valence-electron chi connectivity index (χ3n) is 5.63. The summed E-state index contributed by atoms with van der Waals surface area (Å²) < 4.78 is 46.0. The van der Waals surface area contributed by atoms with Gasteiger partial charge in [-0.25, -0.2) is 12.8 Å². The molecule has 3 heterocycles. The van der Waals surface area contributed by atoms with Crippen LogP contribution >= 0.6 is 0 Å². The van der Waals surface area contributed by atoms with Crippen molar-refractivity contribution in [3.8, 4) is 28.1 Å². The molecule has 0 bridgehead atoms. The number of aromatic nitrogens is 3. The lowest BCUT2D eigenvalue weighted by atomic mass is 9.97. The fourth-order valence-electron chi connectivity index (χ4n) is 3.71. The summed E-state index contributed by atoms with van der Waals surface area (Å²) in [6, 6.07) is 10.6. The van der Waals surface area contributed by atoms with Gasteiger partial charge in [0.2, 0.25) is 10.0 Å². The fourth-order valence-corrected chi connectivity index (χ4v) is 4.29. The molecule has 4 aromatic rings. The standard InChI is InChI=1S/C25H25FN4O3S/c1-4-17-8-9-20(26)19(15-17)23-24(29-21-7-6-11-28-25(21)23)18-10-12-27-16-22(18)33-14-13-30(3)34(31,32)5-2/h5-12,15-16,29H,2,4,13-14H2,1,3H3. The molecule has 0 saturated carbocycles. The third-order valence-corrected chi connectivity index (χ3v) is 7.10. The number of ether oxygens (including phenoxy) is 1. The lowest BCUT2D eigenvalue weighted by molar-refractivity contribution is 0.288. The van der Waals surface area contributed by atoms with E-state index in [0.717, 1.165) is 27.2 Å². The average Bonchev–Trinajstić information content (AvgIpc) is 3.23. The van der Waals surface area contributed by atoms with Crippen molar-refractivity contribution in [2.24, 2.45) is 0 Å². The van der Waals surface area contributed by atoms with Crippen LogP contribution in [0, 0.1) is 5.82 Å². The van der Waals surface area contributed by atoms with E-state index >= 15 is 4.39 Å². The fraction of sp³-hybridized carbons (Fsp3) is 0.200. The third kappa shape index (κ3) is 4.57. The molecule has 0 fully saturated rings. The van der Waals surface area contributed by atoms with E-state index in [-0.39, 0.29) is 19.0 Å². The van der Waals surface area contributed by atoms with Crippen molar-refractivity contribution in [3.63, 3.8) is 0 Å². The summed E-state index contributed by atoms with van der Waals surface area (Å²) in [6.07, 6.45) is 5.62. The summed E-state index contributed by atoms with van der Waals surface area (Å²) in [4.78, 5) is 12.0.